The van der Waals surface area contributed by atoms with Crippen molar-refractivity contribution in [2.45, 2.75) is 6.42 Å². The highest BCUT2D eigenvalue weighted by atomic mass is 16.6. The van der Waals surface area contributed by atoms with Crippen LogP contribution < -0.4 is 11.1 Å². The molecule has 2 rings (SSSR count). The van der Waals surface area contributed by atoms with Crippen LogP contribution in [0, 0.1) is 10.1 Å². The molecule has 0 spiro atoms. The van der Waals surface area contributed by atoms with Gasteiger partial charge < -0.3 is 15.5 Å². The van der Waals surface area contributed by atoms with Crippen molar-refractivity contribution in [3.8, 4) is 0 Å². The lowest BCUT2D eigenvalue weighted by atomic mass is 10.2. The van der Waals surface area contributed by atoms with Gasteiger partial charge in [0.05, 0.1) is 11.2 Å². The zero-order valence-electron chi connectivity index (χ0n) is 9.63. The van der Waals surface area contributed by atoms with E-state index < -0.39 is 4.92 Å². The van der Waals surface area contributed by atoms with Gasteiger partial charge in [-0.2, -0.15) is 0 Å². The van der Waals surface area contributed by atoms with Crippen molar-refractivity contribution >= 4 is 17.1 Å². The maximum absolute atomic E-state index is 10.9. The molecule has 0 saturated heterocycles. The molecule has 1 heterocycles. The highest BCUT2D eigenvalue weighted by Crippen LogP contribution is 2.30. The van der Waals surface area contributed by atoms with E-state index in [1.165, 1.54) is 6.07 Å². The summed E-state index contributed by atoms with van der Waals surface area (Å²) in [5.74, 6) is 0.828. The molecule has 0 unspecified atom stereocenters. The lowest BCUT2D eigenvalue weighted by Crippen LogP contribution is -2.07. The van der Waals surface area contributed by atoms with Crippen molar-refractivity contribution in [1.29, 1.82) is 0 Å². The van der Waals surface area contributed by atoms with E-state index in [1.807, 2.05) is 6.07 Å². The number of nitrogens with zero attached hydrogens (tertiary/aromatic N) is 1. The lowest BCUT2D eigenvalue weighted by molar-refractivity contribution is -0.383. The number of para-hydroxylation sites is 1. The Morgan fingerprint density at radius 3 is 2.83 bits per heavy atom. The van der Waals surface area contributed by atoms with Crippen LogP contribution in [0.1, 0.15) is 5.76 Å². The monoisotopic (exact) mass is 247 g/mol. The Labute approximate surface area is 104 Å². The fraction of sp³-hybridized carbons (Fsp3) is 0.167. The Morgan fingerprint density at radius 2 is 2.17 bits per heavy atom. The van der Waals surface area contributed by atoms with Crippen LogP contribution in [-0.4, -0.2) is 11.5 Å². The van der Waals surface area contributed by atoms with E-state index in [-0.39, 0.29) is 11.4 Å². The molecular formula is C12H13N3O3. The summed E-state index contributed by atoms with van der Waals surface area (Å²) in [7, 11) is 0. The fourth-order valence-corrected chi connectivity index (χ4v) is 1.68. The van der Waals surface area contributed by atoms with E-state index in [9.17, 15) is 10.1 Å². The van der Waals surface area contributed by atoms with Crippen LogP contribution in [0.15, 0.2) is 41.0 Å². The number of nitrogens with two attached hydrogens (primary N) is 1. The van der Waals surface area contributed by atoms with Crippen LogP contribution in [0.2, 0.25) is 0 Å². The minimum absolute atomic E-state index is 0.0862. The Balaban J connectivity index is 2.05. The van der Waals surface area contributed by atoms with Crippen LogP contribution in [0.25, 0.3) is 0 Å². The van der Waals surface area contributed by atoms with Gasteiger partial charge in [-0.05, 0) is 24.3 Å². The summed E-state index contributed by atoms with van der Waals surface area (Å²) in [5.41, 5.74) is 6.08. The van der Waals surface area contributed by atoms with Gasteiger partial charge in [-0.15, -0.1) is 0 Å². The van der Waals surface area contributed by atoms with Crippen molar-refractivity contribution in [3.05, 3.63) is 52.5 Å². The third-order valence-electron chi connectivity index (χ3n) is 2.52. The molecule has 94 valence electrons. The molecule has 0 fully saturated rings. The highest BCUT2D eigenvalue weighted by molar-refractivity contribution is 5.74. The summed E-state index contributed by atoms with van der Waals surface area (Å²) in [6, 6.07) is 8.48. The molecule has 0 saturated carbocycles. The second-order valence-electron chi connectivity index (χ2n) is 3.76. The van der Waals surface area contributed by atoms with Gasteiger partial charge in [0, 0.05) is 13.0 Å². The molecule has 6 nitrogen and oxygen atoms in total. The van der Waals surface area contributed by atoms with E-state index in [4.69, 9.17) is 10.2 Å². The zero-order chi connectivity index (χ0) is 13.0. The fourth-order valence-electron chi connectivity index (χ4n) is 1.68. The molecule has 6 heteroatoms. The SMILES string of the molecule is Nc1cccc(NCCc2ccco2)c1[N+](=O)[O-]. The van der Waals surface area contributed by atoms with Crippen LogP contribution in [0.4, 0.5) is 17.1 Å². The molecule has 0 aliphatic heterocycles. The summed E-state index contributed by atoms with van der Waals surface area (Å²) in [4.78, 5) is 10.4. The summed E-state index contributed by atoms with van der Waals surface area (Å²) in [5, 5.41) is 13.9. The van der Waals surface area contributed by atoms with Crippen LogP contribution in [0.5, 0.6) is 0 Å². The first-order valence-corrected chi connectivity index (χ1v) is 5.47. The van der Waals surface area contributed by atoms with Crippen molar-refractivity contribution in [2.24, 2.45) is 0 Å². The summed E-state index contributed by atoms with van der Waals surface area (Å²) >= 11 is 0. The first-order valence-electron chi connectivity index (χ1n) is 5.47. The molecule has 18 heavy (non-hydrogen) atoms. The van der Waals surface area contributed by atoms with E-state index >= 15 is 0 Å². The van der Waals surface area contributed by atoms with Crippen molar-refractivity contribution in [3.63, 3.8) is 0 Å². The Kier molecular flexibility index (Phi) is 3.47. The number of hydrogen-bond acceptors (Lipinski definition) is 5. The number of nitrogens with one attached hydrogen (secondary N) is 1. The molecule has 0 aliphatic carbocycles. The predicted octanol–water partition coefficient (Wildman–Crippen LogP) is 2.42. The molecule has 2 aromatic rings. The lowest BCUT2D eigenvalue weighted by Gasteiger charge is -2.07. The third-order valence-corrected chi connectivity index (χ3v) is 2.52. The molecule has 0 bridgehead atoms. The van der Waals surface area contributed by atoms with E-state index in [2.05, 4.69) is 5.32 Å². The van der Waals surface area contributed by atoms with Gasteiger partial charge in [0.2, 0.25) is 0 Å². The van der Waals surface area contributed by atoms with Gasteiger partial charge in [0.25, 0.3) is 0 Å². The quantitative estimate of drug-likeness (QED) is 0.480. The molecule has 0 radical (unpaired) electrons. The average Bonchev–Trinajstić information content (AvgIpc) is 2.81. The second kappa shape index (κ2) is 5.22. The predicted molar refractivity (Wildman–Crippen MR) is 68.4 cm³/mol. The number of hydrogen-bond donors (Lipinski definition) is 2. The second-order valence-corrected chi connectivity index (χ2v) is 3.76. The average molecular weight is 247 g/mol. The Bertz CT molecular complexity index is 538. The van der Waals surface area contributed by atoms with E-state index in [0.717, 1.165) is 5.76 Å². The molecule has 0 aliphatic rings. The minimum atomic E-state index is -0.482. The Hall–Kier alpha value is -2.50. The number of benzene rings is 1. The summed E-state index contributed by atoms with van der Waals surface area (Å²) in [6.45, 7) is 0.539. The van der Waals surface area contributed by atoms with Crippen molar-refractivity contribution in [2.75, 3.05) is 17.6 Å². The number of nitro benzene ring substituents is 1. The van der Waals surface area contributed by atoms with Gasteiger partial charge in [-0.3, -0.25) is 10.1 Å². The first-order chi connectivity index (χ1) is 8.68. The molecule has 3 N–H and O–H groups in total. The zero-order valence-corrected chi connectivity index (χ0v) is 9.63. The first kappa shape index (κ1) is 12.0. The maximum atomic E-state index is 10.9. The number of furan rings is 1. The topological polar surface area (TPSA) is 94.3 Å². The van der Waals surface area contributed by atoms with Gasteiger partial charge in [0.15, 0.2) is 0 Å². The number of nitro groups is 1. The van der Waals surface area contributed by atoms with E-state index in [0.29, 0.717) is 18.7 Å². The minimum Gasteiger partial charge on any atom is -0.469 e. The number of nitrogen functional groups attached to an aromatic ring is 1. The highest BCUT2D eigenvalue weighted by Gasteiger charge is 2.16. The largest absolute Gasteiger partial charge is 0.469 e. The smallest absolute Gasteiger partial charge is 0.314 e. The van der Waals surface area contributed by atoms with Crippen molar-refractivity contribution < 1.29 is 9.34 Å². The molecular weight excluding hydrogens is 234 g/mol. The van der Waals surface area contributed by atoms with Crippen LogP contribution >= 0.6 is 0 Å². The molecule has 1 aromatic carbocycles. The van der Waals surface area contributed by atoms with Gasteiger partial charge >= 0.3 is 5.69 Å². The molecule has 0 amide bonds. The number of rotatable bonds is 5. The van der Waals surface area contributed by atoms with Crippen LogP contribution in [-0.2, 0) is 6.42 Å². The number of anilines is 2. The third kappa shape index (κ3) is 2.60. The van der Waals surface area contributed by atoms with Gasteiger partial charge in [-0.25, -0.2) is 0 Å². The normalized spacial score (nSPS) is 10.2. The van der Waals surface area contributed by atoms with Crippen molar-refractivity contribution in [1.82, 2.24) is 0 Å². The molecule has 0 atom stereocenters. The summed E-state index contributed by atoms with van der Waals surface area (Å²) < 4.78 is 5.17. The summed E-state index contributed by atoms with van der Waals surface area (Å²) in [6.07, 6.45) is 2.25. The van der Waals surface area contributed by atoms with Crippen LogP contribution in [0.3, 0.4) is 0 Å². The Morgan fingerprint density at radius 1 is 1.33 bits per heavy atom. The van der Waals surface area contributed by atoms with Gasteiger partial charge in [-0.1, -0.05) is 6.07 Å². The maximum Gasteiger partial charge on any atom is 0.314 e. The standard InChI is InChI=1S/C12H13N3O3/c13-10-4-1-5-11(12(10)15(16)17)14-7-6-9-3-2-8-18-9/h1-5,8,14H,6-7,13H2. The van der Waals surface area contributed by atoms with E-state index in [1.54, 1.807) is 24.5 Å². The molecule has 1 aromatic heterocycles. The van der Waals surface area contributed by atoms with Gasteiger partial charge in [0.1, 0.15) is 17.1 Å².